The molecule has 1 fully saturated rings. The second-order valence-electron chi connectivity index (χ2n) is 5.17. The molecule has 0 radical (unpaired) electrons. The Morgan fingerprint density at radius 1 is 1.33 bits per heavy atom. The van der Waals surface area contributed by atoms with Gasteiger partial charge < -0.3 is 5.32 Å². The monoisotopic (exact) mass is 364 g/mol. The van der Waals surface area contributed by atoms with E-state index in [9.17, 15) is 4.79 Å². The first-order chi connectivity index (χ1) is 10.2. The SMILES string of the molecule is O=C(CN1CCC[C@H]1c1cccs1)Nc1ccccc1Br. The standard InChI is InChI=1S/C16H17BrN2OS/c17-12-5-1-2-6-13(12)18-16(20)11-19-9-3-7-14(19)15-8-4-10-21-15/h1-2,4-6,8,10,14H,3,7,9,11H2,(H,18,20)/t14-/m0/s1. The van der Waals surface area contributed by atoms with Crippen LogP contribution in [-0.2, 0) is 4.79 Å². The molecule has 110 valence electrons. The lowest BCUT2D eigenvalue weighted by molar-refractivity contribution is -0.117. The van der Waals surface area contributed by atoms with Crippen molar-refractivity contribution in [3.05, 3.63) is 51.1 Å². The van der Waals surface area contributed by atoms with Gasteiger partial charge in [0, 0.05) is 15.4 Å². The number of hydrogen-bond donors (Lipinski definition) is 1. The molecule has 1 amide bonds. The Morgan fingerprint density at radius 3 is 2.95 bits per heavy atom. The van der Waals surface area contributed by atoms with Gasteiger partial charge in [-0.3, -0.25) is 9.69 Å². The first kappa shape index (κ1) is 14.8. The first-order valence-electron chi connectivity index (χ1n) is 7.06. The fraction of sp³-hybridized carbons (Fsp3) is 0.312. The van der Waals surface area contributed by atoms with E-state index in [2.05, 4.69) is 43.7 Å². The number of hydrogen-bond acceptors (Lipinski definition) is 3. The molecule has 3 nitrogen and oxygen atoms in total. The second kappa shape index (κ2) is 6.73. The second-order valence-corrected chi connectivity index (χ2v) is 7.01. The van der Waals surface area contributed by atoms with Gasteiger partial charge in [-0.1, -0.05) is 18.2 Å². The van der Waals surface area contributed by atoms with Crippen LogP contribution in [0, 0.1) is 0 Å². The van der Waals surface area contributed by atoms with Crippen LogP contribution >= 0.6 is 27.3 Å². The number of carbonyl (C=O) groups is 1. The predicted octanol–water partition coefficient (Wildman–Crippen LogP) is 4.29. The van der Waals surface area contributed by atoms with E-state index in [0.29, 0.717) is 12.6 Å². The lowest BCUT2D eigenvalue weighted by atomic mass is 10.2. The molecule has 0 bridgehead atoms. The average molecular weight is 365 g/mol. The molecule has 0 spiro atoms. The summed E-state index contributed by atoms with van der Waals surface area (Å²) in [5.74, 6) is 0.0466. The van der Waals surface area contributed by atoms with Gasteiger partial charge in [0.25, 0.3) is 0 Å². The summed E-state index contributed by atoms with van der Waals surface area (Å²) >= 11 is 5.23. The third kappa shape index (κ3) is 3.54. The van der Waals surface area contributed by atoms with Crippen LogP contribution in [0.4, 0.5) is 5.69 Å². The van der Waals surface area contributed by atoms with Crippen molar-refractivity contribution in [1.29, 1.82) is 0 Å². The molecule has 1 aromatic heterocycles. The molecule has 1 aromatic carbocycles. The Balaban J connectivity index is 1.63. The van der Waals surface area contributed by atoms with Crippen LogP contribution in [0.2, 0.25) is 0 Å². The lowest BCUT2D eigenvalue weighted by Gasteiger charge is -2.23. The molecule has 21 heavy (non-hydrogen) atoms. The smallest absolute Gasteiger partial charge is 0.238 e. The Bertz CT molecular complexity index is 614. The topological polar surface area (TPSA) is 32.3 Å². The van der Waals surface area contributed by atoms with Crippen molar-refractivity contribution >= 4 is 38.9 Å². The molecular weight excluding hydrogens is 348 g/mol. The number of thiophene rings is 1. The molecule has 1 aliphatic heterocycles. The molecule has 2 aromatic rings. The quantitative estimate of drug-likeness (QED) is 0.877. The molecule has 2 heterocycles. The number of likely N-dealkylation sites (tertiary alicyclic amines) is 1. The summed E-state index contributed by atoms with van der Waals surface area (Å²) in [6, 6.07) is 12.3. The van der Waals surface area contributed by atoms with Crippen LogP contribution in [0.3, 0.4) is 0 Å². The van der Waals surface area contributed by atoms with Crippen molar-refractivity contribution in [2.75, 3.05) is 18.4 Å². The summed E-state index contributed by atoms with van der Waals surface area (Å²) in [6.07, 6.45) is 2.30. The van der Waals surface area contributed by atoms with Crippen molar-refractivity contribution in [3.63, 3.8) is 0 Å². The van der Waals surface area contributed by atoms with Gasteiger partial charge in [-0.2, -0.15) is 0 Å². The maximum atomic E-state index is 12.3. The Morgan fingerprint density at radius 2 is 2.19 bits per heavy atom. The molecule has 3 rings (SSSR count). The van der Waals surface area contributed by atoms with Crippen LogP contribution in [-0.4, -0.2) is 23.9 Å². The zero-order valence-electron chi connectivity index (χ0n) is 11.6. The van der Waals surface area contributed by atoms with Crippen molar-refractivity contribution in [2.45, 2.75) is 18.9 Å². The number of anilines is 1. The van der Waals surface area contributed by atoms with E-state index >= 15 is 0 Å². The Kier molecular flexibility index (Phi) is 4.73. The van der Waals surface area contributed by atoms with E-state index < -0.39 is 0 Å². The molecule has 0 aliphatic carbocycles. The summed E-state index contributed by atoms with van der Waals surface area (Å²) in [7, 11) is 0. The molecule has 1 atom stereocenters. The van der Waals surface area contributed by atoms with Gasteiger partial charge in [-0.15, -0.1) is 11.3 Å². The van der Waals surface area contributed by atoms with Crippen molar-refractivity contribution in [3.8, 4) is 0 Å². The maximum absolute atomic E-state index is 12.3. The predicted molar refractivity (Wildman–Crippen MR) is 90.6 cm³/mol. The highest BCUT2D eigenvalue weighted by atomic mass is 79.9. The summed E-state index contributed by atoms with van der Waals surface area (Å²) in [6.45, 7) is 1.44. The number of amides is 1. The normalized spacial score (nSPS) is 18.8. The van der Waals surface area contributed by atoms with E-state index in [1.807, 2.05) is 24.3 Å². The molecule has 1 aliphatic rings. The van der Waals surface area contributed by atoms with Gasteiger partial charge in [-0.25, -0.2) is 0 Å². The highest BCUT2D eigenvalue weighted by Crippen LogP contribution is 2.34. The number of benzene rings is 1. The lowest BCUT2D eigenvalue weighted by Crippen LogP contribution is -2.32. The van der Waals surface area contributed by atoms with Gasteiger partial charge in [0.15, 0.2) is 0 Å². The van der Waals surface area contributed by atoms with Gasteiger partial charge in [-0.05, 0) is 58.9 Å². The van der Waals surface area contributed by atoms with Crippen molar-refractivity contribution in [1.82, 2.24) is 4.90 Å². The number of nitrogens with one attached hydrogen (secondary N) is 1. The van der Waals surface area contributed by atoms with Gasteiger partial charge >= 0.3 is 0 Å². The third-order valence-electron chi connectivity index (χ3n) is 3.73. The van der Waals surface area contributed by atoms with E-state index in [4.69, 9.17) is 0 Å². The van der Waals surface area contributed by atoms with Crippen LogP contribution in [0.1, 0.15) is 23.8 Å². The third-order valence-corrected chi connectivity index (χ3v) is 5.39. The largest absolute Gasteiger partial charge is 0.324 e. The summed E-state index contributed by atoms with van der Waals surface area (Å²) in [5.41, 5.74) is 0.828. The Labute approximate surface area is 137 Å². The zero-order valence-corrected chi connectivity index (χ0v) is 14.0. The van der Waals surface area contributed by atoms with Gasteiger partial charge in [0.1, 0.15) is 0 Å². The van der Waals surface area contributed by atoms with Crippen LogP contribution < -0.4 is 5.32 Å². The van der Waals surface area contributed by atoms with E-state index in [1.54, 1.807) is 11.3 Å². The average Bonchev–Trinajstić information content (AvgIpc) is 3.11. The number of para-hydroxylation sites is 1. The molecule has 1 saturated heterocycles. The van der Waals surface area contributed by atoms with E-state index in [-0.39, 0.29) is 5.91 Å². The van der Waals surface area contributed by atoms with Gasteiger partial charge in [0.2, 0.25) is 5.91 Å². The van der Waals surface area contributed by atoms with Crippen LogP contribution in [0.5, 0.6) is 0 Å². The minimum absolute atomic E-state index is 0.0466. The fourth-order valence-corrected chi connectivity index (χ4v) is 4.03. The number of rotatable bonds is 4. The number of halogens is 1. The summed E-state index contributed by atoms with van der Waals surface area (Å²) in [4.78, 5) is 15.9. The minimum atomic E-state index is 0.0466. The van der Waals surface area contributed by atoms with Crippen molar-refractivity contribution < 1.29 is 4.79 Å². The molecule has 0 saturated carbocycles. The van der Waals surface area contributed by atoms with E-state index in [1.165, 1.54) is 4.88 Å². The number of carbonyl (C=O) groups excluding carboxylic acids is 1. The highest BCUT2D eigenvalue weighted by molar-refractivity contribution is 9.10. The summed E-state index contributed by atoms with van der Waals surface area (Å²) in [5, 5.41) is 5.08. The Hall–Kier alpha value is -1.17. The van der Waals surface area contributed by atoms with E-state index in [0.717, 1.165) is 29.5 Å². The van der Waals surface area contributed by atoms with Gasteiger partial charge in [0.05, 0.1) is 12.2 Å². The van der Waals surface area contributed by atoms with Crippen LogP contribution in [0.15, 0.2) is 46.3 Å². The van der Waals surface area contributed by atoms with Crippen LogP contribution in [0.25, 0.3) is 0 Å². The first-order valence-corrected chi connectivity index (χ1v) is 8.73. The molecule has 0 unspecified atom stereocenters. The fourth-order valence-electron chi connectivity index (χ4n) is 2.76. The van der Waals surface area contributed by atoms with Crippen molar-refractivity contribution in [2.24, 2.45) is 0 Å². The summed E-state index contributed by atoms with van der Waals surface area (Å²) < 4.78 is 0.912. The molecule has 1 N–H and O–H groups in total. The molecule has 5 heteroatoms. The minimum Gasteiger partial charge on any atom is -0.324 e. The molecular formula is C16H17BrN2OS. The maximum Gasteiger partial charge on any atom is 0.238 e. The highest BCUT2D eigenvalue weighted by Gasteiger charge is 2.28. The number of nitrogens with zero attached hydrogens (tertiary/aromatic N) is 1. The zero-order chi connectivity index (χ0) is 14.7.